The molecule has 0 aliphatic carbocycles. The highest BCUT2D eigenvalue weighted by atomic mass is 16.5. The van der Waals surface area contributed by atoms with Crippen LogP contribution in [-0.4, -0.2) is 58.0 Å². The van der Waals surface area contributed by atoms with Crippen molar-refractivity contribution in [2.24, 2.45) is 5.73 Å². The van der Waals surface area contributed by atoms with Crippen molar-refractivity contribution in [3.8, 4) is 5.75 Å². The number of rotatable bonds is 10. The summed E-state index contributed by atoms with van der Waals surface area (Å²) in [6, 6.07) is 8.95. The summed E-state index contributed by atoms with van der Waals surface area (Å²) in [7, 11) is 1.67. The van der Waals surface area contributed by atoms with Crippen molar-refractivity contribution in [1.29, 1.82) is 0 Å². The predicted molar refractivity (Wildman–Crippen MR) is 151 cm³/mol. The predicted octanol–water partition coefficient (Wildman–Crippen LogP) is 4.40. The number of piperidine rings is 1. The molecule has 1 aliphatic heterocycles. The minimum Gasteiger partial charge on any atom is -0.495 e. The Morgan fingerprint density at radius 3 is 2.53 bits per heavy atom. The number of carbonyl (C=O) groups is 1. The Labute approximate surface area is 226 Å². The number of aromatic nitrogens is 3. The second-order valence-corrected chi connectivity index (χ2v) is 10.4. The largest absolute Gasteiger partial charge is 0.495 e. The maximum atomic E-state index is 11.7. The second-order valence-electron chi connectivity index (χ2n) is 10.4. The lowest BCUT2D eigenvalue weighted by Crippen LogP contribution is -2.47. The number of hydrogen-bond donors (Lipinski definition) is 1. The molecule has 2 N–H and O–H groups in total. The Morgan fingerprint density at radius 2 is 1.92 bits per heavy atom. The fourth-order valence-corrected chi connectivity index (χ4v) is 5.50. The van der Waals surface area contributed by atoms with Crippen LogP contribution in [0.2, 0.25) is 0 Å². The number of nitrogens with zero attached hydrogens (tertiary/aromatic N) is 5. The van der Waals surface area contributed by atoms with Gasteiger partial charge in [-0.2, -0.15) is 0 Å². The molecule has 0 spiro atoms. The molecule has 0 unspecified atom stereocenters. The van der Waals surface area contributed by atoms with Crippen LogP contribution in [0.15, 0.2) is 42.9 Å². The number of ether oxygens (including phenoxy) is 1. The lowest BCUT2D eigenvalue weighted by Gasteiger charge is -2.41. The Hall–Kier alpha value is -3.52. The van der Waals surface area contributed by atoms with E-state index in [1.165, 1.54) is 11.1 Å². The van der Waals surface area contributed by atoms with Crippen molar-refractivity contribution in [2.75, 3.05) is 25.1 Å². The van der Waals surface area contributed by atoms with Crippen LogP contribution >= 0.6 is 0 Å². The molecule has 0 bridgehead atoms. The molecule has 3 aromatic rings. The summed E-state index contributed by atoms with van der Waals surface area (Å²) in [5, 5.41) is 0. The monoisotopic (exact) mass is 516 g/mol. The topological polar surface area (TPSA) is 97.5 Å². The molecule has 8 heteroatoms. The van der Waals surface area contributed by atoms with Crippen LogP contribution in [0.5, 0.6) is 5.75 Å². The zero-order valence-corrected chi connectivity index (χ0v) is 23.3. The molecule has 1 amide bonds. The summed E-state index contributed by atoms with van der Waals surface area (Å²) >= 11 is 0. The zero-order valence-electron chi connectivity index (χ0n) is 23.3. The van der Waals surface area contributed by atoms with Crippen molar-refractivity contribution < 1.29 is 9.53 Å². The van der Waals surface area contributed by atoms with Gasteiger partial charge in [0.15, 0.2) is 0 Å². The van der Waals surface area contributed by atoms with Crippen LogP contribution in [-0.2, 0) is 13.0 Å². The quantitative estimate of drug-likeness (QED) is 0.427. The van der Waals surface area contributed by atoms with E-state index in [4.69, 9.17) is 15.5 Å². The number of primary amides is 1. The molecule has 1 fully saturated rings. The van der Waals surface area contributed by atoms with Gasteiger partial charge in [-0.3, -0.25) is 14.8 Å². The molecule has 1 atom stereocenters. The smallest absolute Gasteiger partial charge is 0.250 e. The lowest BCUT2D eigenvalue weighted by molar-refractivity contribution is 0.0998. The second kappa shape index (κ2) is 12.3. The van der Waals surface area contributed by atoms with Gasteiger partial charge < -0.3 is 20.3 Å². The van der Waals surface area contributed by atoms with Gasteiger partial charge >= 0.3 is 0 Å². The third kappa shape index (κ3) is 6.48. The van der Waals surface area contributed by atoms with E-state index < -0.39 is 5.91 Å². The molecular formula is C30H40N6O2. The van der Waals surface area contributed by atoms with Crippen LogP contribution in [0.3, 0.4) is 0 Å². The first-order valence-electron chi connectivity index (χ1n) is 13.4. The molecule has 8 nitrogen and oxygen atoms in total. The molecule has 4 rings (SSSR count). The molecule has 0 radical (unpaired) electrons. The fourth-order valence-electron chi connectivity index (χ4n) is 5.50. The molecule has 202 valence electrons. The minimum absolute atomic E-state index is 0.396. The standard InChI is InChI=1S/C30H40N6O2/c1-20-10-13-32-17-24(20)19-36(28-9-8-27(38-5)18-33-28)26-11-14-35(15-12-26)22(3)6-7-25-16-21(2)29(30(31)37)23(4)34-25/h8-10,13,16-18,22,26H,6-7,11-12,14-15,19H2,1-5H3,(H2,31,37)/t22-/m1/s1. The summed E-state index contributed by atoms with van der Waals surface area (Å²) in [5.41, 5.74) is 11.2. The van der Waals surface area contributed by atoms with Gasteiger partial charge in [-0.15, -0.1) is 0 Å². The number of anilines is 1. The van der Waals surface area contributed by atoms with Crippen LogP contribution in [0.25, 0.3) is 0 Å². The van der Waals surface area contributed by atoms with Crippen molar-refractivity contribution in [3.05, 3.63) is 76.5 Å². The van der Waals surface area contributed by atoms with Gasteiger partial charge in [0, 0.05) is 49.8 Å². The summed E-state index contributed by atoms with van der Waals surface area (Å²) < 4.78 is 5.33. The normalized spacial score (nSPS) is 15.3. The highest BCUT2D eigenvalue weighted by molar-refractivity contribution is 5.95. The number of methoxy groups -OCH3 is 1. The van der Waals surface area contributed by atoms with Crippen LogP contribution in [0.4, 0.5) is 5.82 Å². The van der Waals surface area contributed by atoms with E-state index in [1.807, 2.05) is 38.4 Å². The van der Waals surface area contributed by atoms with Crippen molar-refractivity contribution >= 4 is 11.7 Å². The highest BCUT2D eigenvalue weighted by Gasteiger charge is 2.28. The van der Waals surface area contributed by atoms with E-state index in [1.54, 1.807) is 13.3 Å². The van der Waals surface area contributed by atoms with E-state index in [9.17, 15) is 4.79 Å². The van der Waals surface area contributed by atoms with Crippen molar-refractivity contribution in [3.63, 3.8) is 0 Å². The first kappa shape index (κ1) is 27.5. The van der Waals surface area contributed by atoms with Crippen molar-refractivity contribution in [1.82, 2.24) is 19.9 Å². The third-order valence-electron chi connectivity index (χ3n) is 7.82. The molecule has 0 aromatic carbocycles. The fraction of sp³-hybridized carbons (Fsp3) is 0.467. The first-order chi connectivity index (χ1) is 18.3. The van der Waals surface area contributed by atoms with Gasteiger partial charge in [0.25, 0.3) is 5.91 Å². The Balaban J connectivity index is 1.40. The number of carbonyl (C=O) groups excluding carboxylic acids is 1. The van der Waals surface area contributed by atoms with Crippen LogP contribution in [0.1, 0.15) is 64.6 Å². The van der Waals surface area contributed by atoms with E-state index in [0.29, 0.717) is 17.6 Å². The first-order valence-corrected chi connectivity index (χ1v) is 13.4. The number of hydrogen-bond acceptors (Lipinski definition) is 7. The van der Waals surface area contributed by atoms with Crippen LogP contribution < -0.4 is 15.4 Å². The van der Waals surface area contributed by atoms with Gasteiger partial charge in [-0.05, 0) is 94.3 Å². The Kier molecular flexibility index (Phi) is 8.94. The van der Waals surface area contributed by atoms with E-state index in [2.05, 4.69) is 45.7 Å². The molecular weight excluding hydrogens is 476 g/mol. The average Bonchev–Trinajstić information content (AvgIpc) is 2.91. The number of likely N-dealkylation sites (tertiary alicyclic amines) is 1. The summed E-state index contributed by atoms with van der Waals surface area (Å²) in [4.78, 5) is 30.5. The number of aryl methyl sites for hydroxylation is 4. The van der Waals surface area contributed by atoms with E-state index >= 15 is 0 Å². The van der Waals surface area contributed by atoms with Crippen LogP contribution in [0, 0.1) is 20.8 Å². The van der Waals surface area contributed by atoms with E-state index in [0.717, 1.165) is 73.8 Å². The van der Waals surface area contributed by atoms with Gasteiger partial charge in [0.1, 0.15) is 11.6 Å². The maximum Gasteiger partial charge on any atom is 0.250 e. The zero-order chi connectivity index (χ0) is 27.2. The third-order valence-corrected chi connectivity index (χ3v) is 7.82. The summed E-state index contributed by atoms with van der Waals surface area (Å²) in [5.74, 6) is 1.32. The number of pyridine rings is 3. The number of nitrogens with two attached hydrogens (primary N) is 1. The Bertz CT molecular complexity index is 1210. The lowest BCUT2D eigenvalue weighted by atomic mass is 9.98. The van der Waals surface area contributed by atoms with E-state index in [-0.39, 0.29) is 0 Å². The van der Waals surface area contributed by atoms with Gasteiger partial charge in [0.05, 0.1) is 24.6 Å². The molecule has 3 aromatic heterocycles. The SMILES string of the molecule is COc1ccc(N(Cc2cnccc2C)C2CCN([C@H](C)CCc3cc(C)c(C(N)=O)c(C)n3)CC2)nc1. The molecule has 4 heterocycles. The molecule has 1 aliphatic rings. The minimum atomic E-state index is -0.409. The molecule has 0 saturated carbocycles. The number of amides is 1. The average molecular weight is 517 g/mol. The van der Waals surface area contributed by atoms with Gasteiger partial charge in [-0.25, -0.2) is 4.98 Å². The maximum absolute atomic E-state index is 11.7. The molecule has 38 heavy (non-hydrogen) atoms. The summed E-state index contributed by atoms with van der Waals surface area (Å²) in [6.45, 7) is 11.1. The Morgan fingerprint density at radius 1 is 1.16 bits per heavy atom. The molecule has 1 saturated heterocycles. The van der Waals surface area contributed by atoms with Gasteiger partial charge in [-0.1, -0.05) is 0 Å². The van der Waals surface area contributed by atoms with Gasteiger partial charge in [0.2, 0.25) is 0 Å². The summed E-state index contributed by atoms with van der Waals surface area (Å²) in [6.07, 6.45) is 9.65. The highest BCUT2D eigenvalue weighted by Crippen LogP contribution is 2.27. The van der Waals surface area contributed by atoms with Crippen molar-refractivity contribution in [2.45, 2.75) is 72.0 Å².